The van der Waals surface area contributed by atoms with Crippen LogP contribution in [0.25, 0.3) is 11.0 Å². The Hall–Kier alpha value is -1.00. The number of carboxylic acids is 1. The fraction of sp³-hybridized carbons (Fsp3) is 0. The van der Waals surface area contributed by atoms with E-state index in [1.807, 2.05) is 0 Å². The van der Waals surface area contributed by atoms with E-state index in [0.29, 0.717) is 20.5 Å². The molecule has 0 saturated heterocycles. The Balaban J connectivity index is 2.77. The molecule has 0 atom stereocenters. The highest BCUT2D eigenvalue weighted by atomic mass is 79.9. The van der Waals surface area contributed by atoms with Gasteiger partial charge in [-0.3, -0.25) is 0 Å². The molecule has 72 valence electrons. The van der Waals surface area contributed by atoms with E-state index in [1.54, 1.807) is 12.1 Å². The van der Waals surface area contributed by atoms with Crippen LogP contribution in [0.5, 0.6) is 0 Å². The van der Waals surface area contributed by atoms with Crippen molar-refractivity contribution in [3.05, 3.63) is 33.5 Å². The van der Waals surface area contributed by atoms with Crippen LogP contribution in [0.1, 0.15) is 10.6 Å². The standard InChI is InChI=1S/C9H4BrClO3/c10-5-1-2-6-4(8(5)11)3-7(14-6)9(12)13/h1-3H,(H,12,13). The zero-order chi connectivity index (χ0) is 10.3. The van der Waals surface area contributed by atoms with E-state index in [1.165, 1.54) is 6.07 Å². The number of carbonyl (C=O) groups is 1. The predicted molar refractivity (Wildman–Crippen MR) is 55.9 cm³/mol. The zero-order valence-corrected chi connectivity index (χ0v) is 9.09. The van der Waals surface area contributed by atoms with E-state index in [4.69, 9.17) is 21.1 Å². The van der Waals surface area contributed by atoms with Crippen LogP contribution >= 0.6 is 27.5 Å². The Bertz CT molecular complexity index is 518. The smallest absolute Gasteiger partial charge is 0.371 e. The van der Waals surface area contributed by atoms with Crippen LogP contribution in [-0.4, -0.2) is 11.1 Å². The van der Waals surface area contributed by atoms with Crippen molar-refractivity contribution in [3.63, 3.8) is 0 Å². The summed E-state index contributed by atoms with van der Waals surface area (Å²) in [5.74, 6) is -1.21. The molecule has 2 aromatic rings. The Morgan fingerprint density at radius 2 is 2.21 bits per heavy atom. The number of benzene rings is 1. The number of aromatic carboxylic acids is 1. The molecule has 1 aromatic carbocycles. The van der Waals surface area contributed by atoms with Crippen molar-refractivity contribution in [2.24, 2.45) is 0 Å². The molecule has 5 heteroatoms. The molecule has 0 amide bonds. The Kier molecular flexibility index (Phi) is 2.25. The summed E-state index contributed by atoms with van der Waals surface area (Å²) in [6, 6.07) is 4.78. The number of fused-ring (bicyclic) bond motifs is 1. The topological polar surface area (TPSA) is 50.4 Å². The molecule has 1 heterocycles. The molecule has 0 aliphatic carbocycles. The first-order chi connectivity index (χ1) is 6.59. The van der Waals surface area contributed by atoms with Crippen molar-refractivity contribution in [3.8, 4) is 0 Å². The Morgan fingerprint density at radius 1 is 1.50 bits per heavy atom. The average Bonchev–Trinajstić information content (AvgIpc) is 2.56. The SMILES string of the molecule is O=C(O)c1cc2c(Cl)c(Br)ccc2o1. The van der Waals surface area contributed by atoms with Gasteiger partial charge in [-0.15, -0.1) is 0 Å². The van der Waals surface area contributed by atoms with Gasteiger partial charge in [-0.25, -0.2) is 4.79 Å². The van der Waals surface area contributed by atoms with Gasteiger partial charge in [0.05, 0.1) is 5.02 Å². The monoisotopic (exact) mass is 274 g/mol. The number of halogens is 2. The minimum absolute atomic E-state index is 0.111. The molecule has 1 N–H and O–H groups in total. The molecule has 0 saturated carbocycles. The van der Waals surface area contributed by atoms with E-state index >= 15 is 0 Å². The van der Waals surface area contributed by atoms with Crippen LogP contribution < -0.4 is 0 Å². The average molecular weight is 275 g/mol. The van der Waals surface area contributed by atoms with Crippen LogP contribution in [-0.2, 0) is 0 Å². The minimum atomic E-state index is -1.10. The highest BCUT2D eigenvalue weighted by Crippen LogP contribution is 2.32. The molecule has 0 radical (unpaired) electrons. The lowest BCUT2D eigenvalue weighted by molar-refractivity contribution is 0.0665. The molecule has 0 bridgehead atoms. The van der Waals surface area contributed by atoms with Gasteiger partial charge < -0.3 is 9.52 Å². The van der Waals surface area contributed by atoms with Gasteiger partial charge in [-0.05, 0) is 28.1 Å². The van der Waals surface area contributed by atoms with Crippen molar-refractivity contribution in [2.45, 2.75) is 0 Å². The van der Waals surface area contributed by atoms with Gasteiger partial charge in [0.2, 0.25) is 5.76 Å². The molecule has 1 aromatic heterocycles. The summed E-state index contributed by atoms with van der Waals surface area (Å²) < 4.78 is 5.77. The van der Waals surface area contributed by atoms with Crippen LogP contribution in [0.15, 0.2) is 27.1 Å². The first kappa shape index (κ1) is 9.55. The quantitative estimate of drug-likeness (QED) is 0.866. The van der Waals surface area contributed by atoms with Gasteiger partial charge in [0.25, 0.3) is 0 Å². The molecule has 14 heavy (non-hydrogen) atoms. The second-order valence-electron chi connectivity index (χ2n) is 2.69. The third-order valence-corrected chi connectivity index (χ3v) is 3.10. The molecule has 0 aliphatic heterocycles. The Morgan fingerprint density at radius 3 is 2.86 bits per heavy atom. The molecule has 3 nitrogen and oxygen atoms in total. The second kappa shape index (κ2) is 3.29. The zero-order valence-electron chi connectivity index (χ0n) is 6.75. The largest absolute Gasteiger partial charge is 0.475 e. The van der Waals surface area contributed by atoms with E-state index in [-0.39, 0.29) is 5.76 Å². The fourth-order valence-electron chi connectivity index (χ4n) is 1.16. The van der Waals surface area contributed by atoms with Crippen molar-refractivity contribution in [1.82, 2.24) is 0 Å². The van der Waals surface area contributed by atoms with E-state index < -0.39 is 5.97 Å². The molecule has 2 rings (SSSR count). The third-order valence-electron chi connectivity index (χ3n) is 1.80. The maximum Gasteiger partial charge on any atom is 0.371 e. The molecule has 0 spiro atoms. The number of furan rings is 1. The number of hydrogen-bond acceptors (Lipinski definition) is 2. The summed E-state index contributed by atoms with van der Waals surface area (Å²) in [6.45, 7) is 0. The van der Waals surface area contributed by atoms with Crippen LogP contribution in [0.3, 0.4) is 0 Å². The molecular weight excluding hydrogens is 271 g/mol. The highest BCUT2D eigenvalue weighted by Gasteiger charge is 2.13. The van der Waals surface area contributed by atoms with E-state index in [0.717, 1.165) is 0 Å². The highest BCUT2D eigenvalue weighted by molar-refractivity contribution is 9.10. The molecular formula is C9H4BrClO3. The van der Waals surface area contributed by atoms with Gasteiger partial charge in [-0.1, -0.05) is 11.6 Å². The predicted octanol–water partition coefficient (Wildman–Crippen LogP) is 3.55. The van der Waals surface area contributed by atoms with E-state index in [2.05, 4.69) is 15.9 Å². The summed E-state index contributed by atoms with van der Waals surface area (Å²) in [7, 11) is 0. The number of carboxylic acid groups (broad SMARTS) is 1. The van der Waals surface area contributed by atoms with Crippen LogP contribution in [0.2, 0.25) is 5.02 Å². The summed E-state index contributed by atoms with van der Waals surface area (Å²) in [4.78, 5) is 10.6. The number of rotatable bonds is 1. The lowest BCUT2D eigenvalue weighted by Gasteiger charge is -1.94. The first-order valence-electron chi connectivity index (χ1n) is 3.70. The minimum Gasteiger partial charge on any atom is -0.475 e. The lowest BCUT2D eigenvalue weighted by Crippen LogP contribution is -1.91. The fourth-order valence-corrected chi connectivity index (χ4v) is 1.71. The maximum absolute atomic E-state index is 10.6. The molecule has 0 unspecified atom stereocenters. The Labute approximate surface area is 92.4 Å². The number of hydrogen-bond donors (Lipinski definition) is 1. The third kappa shape index (κ3) is 1.40. The van der Waals surface area contributed by atoms with Crippen molar-refractivity contribution < 1.29 is 14.3 Å². The van der Waals surface area contributed by atoms with Crippen molar-refractivity contribution in [2.75, 3.05) is 0 Å². The normalized spacial score (nSPS) is 10.7. The van der Waals surface area contributed by atoms with Gasteiger partial charge in [0.1, 0.15) is 5.58 Å². The summed E-state index contributed by atoms with van der Waals surface area (Å²) in [6.07, 6.45) is 0. The van der Waals surface area contributed by atoms with Crippen LogP contribution in [0, 0.1) is 0 Å². The van der Waals surface area contributed by atoms with Crippen molar-refractivity contribution in [1.29, 1.82) is 0 Å². The van der Waals surface area contributed by atoms with Gasteiger partial charge >= 0.3 is 5.97 Å². The summed E-state index contributed by atoms with van der Waals surface area (Å²) in [5.41, 5.74) is 0.468. The van der Waals surface area contributed by atoms with Crippen molar-refractivity contribution >= 4 is 44.5 Å². The summed E-state index contributed by atoms with van der Waals surface area (Å²) >= 11 is 9.19. The lowest BCUT2D eigenvalue weighted by atomic mass is 10.2. The van der Waals surface area contributed by atoms with Gasteiger partial charge in [-0.2, -0.15) is 0 Å². The van der Waals surface area contributed by atoms with Gasteiger partial charge in [0.15, 0.2) is 0 Å². The molecule has 0 fully saturated rings. The second-order valence-corrected chi connectivity index (χ2v) is 3.92. The van der Waals surface area contributed by atoms with Gasteiger partial charge in [0, 0.05) is 15.9 Å². The first-order valence-corrected chi connectivity index (χ1v) is 4.87. The van der Waals surface area contributed by atoms with E-state index in [9.17, 15) is 4.79 Å². The summed E-state index contributed by atoms with van der Waals surface area (Å²) in [5, 5.41) is 9.75. The maximum atomic E-state index is 10.6. The van der Waals surface area contributed by atoms with Crippen LogP contribution in [0.4, 0.5) is 0 Å². The molecule has 0 aliphatic rings.